The van der Waals surface area contributed by atoms with Crippen molar-refractivity contribution in [2.24, 2.45) is 10.9 Å². The molecule has 1 atom stereocenters. The lowest BCUT2D eigenvalue weighted by molar-refractivity contribution is -0.127. The molecule has 1 amide bonds. The van der Waals surface area contributed by atoms with Gasteiger partial charge < -0.3 is 15.5 Å². The Bertz CT molecular complexity index is 730. The van der Waals surface area contributed by atoms with Gasteiger partial charge in [0.2, 0.25) is 5.91 Å². The molecule has 0 aliphatic carbocycles. The Morgan fingerprint density at radius 2 is 2.04 bits per heavy atom. The number of rotatable bonds is 8. The first-order valence-electron chi connectivity index (χ1n) is 9.53. The SMILES string of the molecule is CN=C(NCCc1cccs1)NCC1CC(=O)N(CCc2ccccc2)C1. The van der Waals surface area contributed by atoms with Crippen molar-refractivity contribution in [2.75, 3.05) is 33.2 Å². The Morgan fingerprint density at radius 1 is 1.19 bits per heavy atom. The molecule has 1 unspecified atom stereocenters. The van der Waals surface area contributed by atoms with Crippen LogP contribution in [-0.2, 0) is 17.6 Å². The number of likely N-dealkylation sites (tertiary alicyclic amines) is 1. The van der Waals surface area contributed by atoms with Gasteiger partial charge in [-0.05, 0) is 29.9 Å². The molecule has 2 aromatic rings. The molecule has 0 bridgehead atoms. The summed E-state index contributed by atoms with van der Waals surface area (Å²) < 4.78 is 0. The first-order valence-corrected chi connectivity index (χ1v) is 10.4. The maximum atomic E-state index is 12.3. The van der Waals surface area contributed by atoms with Crippen molar-refractivity contribution in [1.82, 2.24) is 15.5 Å². The molecule has 5 nitrogen and oxygen atoms in total. The summed E-state index contributed by atoms with van der Waals surface area (Å²) in [6, 6.07) is 14.6. The van der Waals surface area contributed by atoms with Gasteiger partial charge in [0.05, 0.1) is 0 Å². The number of hydrogen-bond acceptors (Lipinski definition) is 3. The molecule has 3 rings (SSSR count). The van der Waals surface area contributed by atoms with E-state index in [0.717, 1.165) is 45.0 Å². The molecule has 6 heteroatoms. The first-order chi connectivity index (χ1) is 13.2. The minimum absolute atomic E-state index is 0.262. The van der Waals surface area contributed by atoms with Crippen molar-refractivity contribution in [1.29, 1.82) is 0 Å². The second kappa shape index (κ2) is 10.1. The Hall–Kier alpha value is -2.34. The summed E-state index contributed by atoms with van der Waals surface area (Å²) in [4.78, 5) is 19.9. The highest BCUT2D eigenvalue weighted by atomic mass is 32.1. The van der Waals surface area contributed by atoms with Gasteiger partial charge in [-0.25, -0.2) is 0 Å². The minimum Gasteiger partial charge on any atom is -0.356 e. The van der Waals surface area contributed by atoms with Crippen LogP contribution in [0.3, 0.4) is 0 Å². The summed E-state index contributed by atoms with van der Waals surface area (Å²) in [6.07, 6.45) is 2.53. The highest BCUT2D eigenvalue weighted by Crippen LogP contribution is 2.17. The van der Waals surface area contributed by atoms with Gasteiger partial charge >= 0.3 is 0 Å². The minimum atomic E-state index is 0.262. The second-order valence-electron chi connectivity index (χ2n) is 6.85. The van der Waals surface area contributed by atoms with Crippen molar-refractivity contribution in [3.05, 3.63) is 58.3 Å². The van der Waals surface area contributed by atoms with Crippen LogP contribution in [0.15, 0.2) is 52.8 Å². The van der Waals surface area contributed by atoms with E-state index in [2.05, 4.69) is 45.3 Å². The number of nitrogens with one attached hydrogen (secondary N) is 2. The highest BCUT2D eigenvalue weighted by Gasteiger charge is 2.29. The third kappa shape index (κ3) is 6.10. The van der Waals surface area contributed by atoms with Crippen LogP contribution in [-0.4, -0.2) is 50.0 Å². The van der Waals surface area contributed by atoms with Crippen molar-refractivity contribution in [3.63, 3.8) is 0 Å². The lowest BCUT2D eigenvalue weighted by atomic mass is 10.1. The van der Waals surface area contributed by atoms with E-state index in [-0.39, 0.29) is 5.91 Å². The summed E-state index contributed by atoms with van der Waals surface area (Å²) in [6.45, 7) is 3.25. The quantitative estimate of drug-likeness (QED) is 0.543. The molecule has 144 valence electrons. The van der Waals surface area contributed by atoms with Gasteiger partial charge in [-0.1, -0.05) is 36.4 Å². The van der Waals surface area contributed by atoms with E-state index in [1.54, 1.807) is 18.4 Å². The Balaban J connectivity index is 1.37. The second-order valence-corrected chi connectivity index (χ2v) is 7.89. The van der Waals surface area contributed by atoms with Gasteiger partial charge in [0.15, 0.2) is 5.96 Å². The number of nitrogens with zero attached hydrogens (tertiary/aromatic N) is 2. The Morgan fingerprint density at radius 3 is 2.78 bits per heavy atom. The van der Waals surface area contributed by atoms with Crippen LogP contribution in [0.4, 0.5) is 0 Å². The molecule has 1 aromatic carbocycles. The third-order valence-electron chi connectivity index (χ3n) is 4.83. The van der Waals surface area contributed by atoms with Crippen LogP contribution in [0, 0.1) is 5.92 Å². The first kappa shape index (κ1) is 19.4. The maximum Gasteiger partial charge on any atom is 0.223 e. The smallest absolute Gasteiger partial charge is 0.223 e. The van der Waals surface area contributed by atoms with Gasteiger partial charge in [0.25, 0.3) is 0 Å². The molecule has 0 radical (unpaired) electrons. The molecule has 0 spiro atoms. The predicted molar refractivity (Wildman–Crippen MR) is 112 cm³/mol. The predicted octanol–water partition coefficient (Wildman–Crippen LogP) is 2.55. The largest absolute Gasteiger partial charge is 0.356 e. The van der Waals surface area contributed by atoms with Crippen LogP contribution in [0.5, 0.6) is 0 Å². The summed E-state index contributed by atoms with van der Waals surface area (Å²) in [5.41, 5.74) is 1.28. The zero-order chi connectivity index (χ0) is 18.9. The number of carbonyl (C=O) groups excluding carboxylic acids is 1. The van der Waals surface area contributed by atoms with Crippen LogP contribution in [0.2, 0.25) is 0 Å². The average molecular weight is 385 g/mol. The Kier molecular flexibility index (Phi) is 7.27. The number of aliphatic imine (C=N–C) groups is 1. The summed E-state index contributed by atoms with van der Waals surface area (Å²) >= 11 is 1.78. The molecular weight excluding hydrogens is 356 g/mol. The topological polar surface area (TPSA) is 56.7 Å². The third-order valence-corrected chi connectivity index (χ3v) is 5.77. The molecule has 1 aliphatic rings. The van der Waals surface area contributed by atoms with Gasteiger partial charge in [0.1, 0.15) is 0 Å². The normalized spacial score (nSPS) is 17.4. The molecule has 27 heavy (non-hydrogen) atoms. The number of carbonyl (C=O) groups is 1. The fraction of sp³-hybridized carbons (Fsp3) is 0.429. The van der Waals surface area contributed by atoms with Crippen LogP contribution in [0.1, 0.15) is 16.9 Å². The number of guanidine groups is 1. The zero-order valence-corrected chi connectivity index (χ0v) is 16.7. The molecule has 2 heterocycles. The molecule has 1 saturated heterocycles. The number of amides is 1. The number of hydrogen-bond donors (Lipinski definition) is 2. The van der Waals surface area contributed by atoms with Crippen molar-refractivity contribution in [2.45, 2.75) is 19.3 Å². The average Bonchev–Trinajstić information content (AvgIpc) is 3.33. The monoisotopic (exact) mass is 384 g/mol. The summed E-state index contributed by atoms with van der Waals surface area (Å²) in [5.74, 6) is 1.41. The summed E-state index contributed by atoms with van der Waals surface area (Å²) in [5, 5.41) is 8.82. The van der Waals surface area contributed by atoms with Crippen molar-refractivity contribution < 1.29 is 4.79 Å². The van der Waals surface area contributed by atoms with Crippen molar-refractivity contribution >= 4 is 23.2 Å². The van der Waals surface area contributed by atoms with Gasteiger partial charge in [-0.2, -0.15) is 0 Å². The molecule has 1 aliphatic heterocycles. The Labute approximate surface area is 165 Å². The fourth-order valence-corrected chi connectivity index (χ4v) is 4.05. The standard InChI is InChI=1S/C21H28N4OS/c1-22-21(23-11-9-19-8-5-13-27-19)24-15-18-14-20(26)25(16-18)12-10-17-6-3-2-4-7-17/h2-8,13,18H,9-12,14-16H2,1H3,(H2,22,23,24). The van der Waals surface area contributed by atoms with Crippen molar-refractivity contribution in [3.8, 4) is 0 Å². The van der Waals surface area contributed by atoms with E-state index < -0.39 is 0 Å². The van der Waals surface area contributed by atoms with Crippen LogP contribution < -0.4 is 10.6 Å². The van der Waals surface area contributed by atoms with Gasteiger partial charge in [-0.15, -0.1) is 11.3 Å². The van der Waals surface area contributed by atoms with Crippen LogP contribution in [0.25, 0.3) is 0 Å². The zero-order valence-electron chi connectivity index (χ0n) is 15.9. The lowest BCUT2D eigenvalue weighted by Crippen LogP contribution is -2.41. The van der Waals surface area contributed by atoms with Gasteiger partial charge in [-0.3, -0.25) is 9.79 Å². The highest BCUT2D eigenvalue weighted by molar-refractivity contribution is 7.09. The molecule has 1 aromatic heterocycles. The van der Waals surface area contributed by atoms with Gasteiger partial charge in [0, 0.05) is 50.4 Å². The van der Waals surface area contributed by atoms with Crippen LogP contribution >= 0.6 is 11.3 Å². The molecule has 0 saturated carbocycles. The van der Waals surface area contributed by atoms with E-state index >= 15 is 0 Å². The molecule has 1 fully saturated rings. The lowest BCUT2D eigenvalue weighted by Gasteiger charge is -2.18. The number of benzene rings is 1. The summed E-state index contributed by atoms with van der Waals surface area (Å²) in [7, 11) is 1.78. The fourth-order valence-electron chi connectivity index (χ4n) is 3.34. The van der Waals surface area contributed by atoms with E-state index in [9.17, 15) is 4.79 Å². The van der Waals surface area contributed by atoms with E-state index in [4.69, 9.17) is 0 Å². The molecule has 2 N–H and O–H groups in total. The van der Waals surface area contributed by atoms with E-state index in [0.29, 0.717) is 12.3 Å². The van der Waals surface area contributed by atoms with E-state index in [1.807, 2.05) is 23.1 Å². The van der Waals surface area contributed by atoms with E-state index in [1.165, 1.54) is 10.4 Å². The molecular formula is C21H28N4OS. The number of thiophene rings is 1. The maximum absolute atomic E-state index is 12.3.